The van der Waals surface area contributed by atoms with E-state index in [2.05, 4.69) is 25.1 Å². The summed E-state index contributed by atoms with van der Waals surface area (Å²) in [6.45, 7) is -2.68. The van der Waals surface area contributed by atoms with Crippen LogP contribution < -0.4 is 0 Å². The predicted octanol–water partition coefficient (Wildman–Crippen LogP) is -3.68. The highest BCUT2D eigenvalue weighted by Gasteiger charge is 2.46. The third-order valence-electron chi connectivity index (χ3n) is 3.12. The Morgan fingerprint density at radius 3 is 0.778 bits per heavy atom. The van der Waals surface area contributed by atoms with Gasteiger partial charge in [-0.1, -0.05) is 0 Å². The van der Waals surface area contributed by atoms with E-state index in [1.54, 1.807) is 0 Å². The van der Waals surface area contributed by atoms with Crippen LogP contribution in [0.1, 0.15) is 0 Å². The Kier molecular flexibility index (Phi) is 12.4. The van der Waals surface area contributed by atoms with E-state index in [1.807, 2.05) is 0 Å². The van der Waals surface area contributed by atoms with Gasteiger partial charge in [-0.2, -0.15) is 50.5 Å². The Balaban J connectivity index is 7.12. The zero-order valence-electron chi connectivity index (χ0n) is 19.5. The van der Waals surface area contributed by atoms with Gasteiger partial charge in [-0.25, -0.2) is 0 Å². The Morgan fingerprint density at radius 1 is 0.389 bits per heavy atom. The first kappa shape index (κ1) is 35.5. The van der Waals surface area contributed by atoms with Crippen LogP contribution in [0.4, 0.5) is 0 Å². The molecule has 0 aromatic rings. The SMILES string of the molecule is CS(=O)(=O)OC[C@@H](OS(C)(=O)=O)[C@@H](OS(C)(=O)=O)[C@H](OS(C)(=O)=O)[C@@H](COS(C)(=O)=O)OS(C)(=O)=O. The first-order chi connectivity index (χ1) is 15.6. The van der Waals surface area contributed by atoms with E-state index in [0.717, 1.165) is 0 Å². The van der Waals surface area contributed by atoms with Crippen molar-refractivity contribution in [3.8, 4) is 0 Å². The zero-order chi connectivity index (χ0) is 29.0. The Morgan fingerprint density at radius 2 is 0.611 bits per heavy atom. The molecule has 0 unspecified atom stereocenters. The maximum Gasteiger partial charge on any atom is 0.264 e. The second-order valence-corrected chi connectivity index (χ2v) is 16.9. The fraction of sp³-hybridized carbons (Fsp3) is 1.00. The molecular weight excluding hydrogens is 625 g/mol. The fourth-order valence-corrected chi connectivity index (χ4v) is 5.51. The monoisotopic (exact) mass is 650 g/mol. The maximum atomic E-state index is 11.9. The lowest BCUT2D eigenvalue weighted by Crippen LogP contribution is -2.54. The van der Waals surface area contributed by atoms with Crippen molar-refractivity contribution in [3.05, 3.63) is 0 Å². The molecule has 0 aliphatic carbocycles. The van der Waals surface area contributed by atoms with E-state index in [-0.39, 0.29) is 0 Å². The maximum absolute atomic E-state index is 11.9. The van der Waals surface area contributed by atoms with Crippen molar-refractivity contribution >= 4 is 60.7 Å². The number of hydrogen-bond donors (Lipinski definition) is 0. The third kappa shape index (κ3) is 18.7. The molecule has 0 bridgehead atoms. The van der Waals surface area contributed by atoms with E-state index in [9.17, 15) is 50.5 Å². The molecule has 0 saturated carbocycles. The average Bonchev–Trinajstić information content (AvgIpc) is 2.53. The van der Waals surface area contributed by atoms with Crippen molar-refractivity contribution in [2.75, 3.05) is 50.7 Å². The fourth-order valence-electron chi connectivity index (χ4n) is 2.25. The van der Waals surface area contributed by atoms with Crippen molar-refractivity contribution in [1.29, 1.82) is 0 Å². The predicted molar refractivity (Wildman–Crippen MR) is 120 cm³/mol. The van der Waals surface area contributed by atoms with Crippen LogP contribution in [0, 0.1) is 0 Å². The van der Waals surface area contributed by atoms with Gasteiger partial charge in [0.15, 0.2) is 0 Å². The summed E-state index contributed by atoms with van der Waals surface area (Å²) in [5, 5.41) is 0. The molecule has 0 aromatic carbocycles. The molecule has 4 atom stereocenters. The molecule has 0 amide bonds. The summed E-state index contributed by atoms with van der Waals surface area (Å²) in [6.07, 6.45) is -7.16. The Labute approximate surface area is 210 Å². The molecule has 18 nitrogen and oxygen atoms in total. The Hall–Kier alpha value is -0.540. The second kappa shape index (κ2) is 12.5. The quantitative estimate of drug-likeness (QED) is 0.137. The number of rotatable bonds is 17. The molecular formula is C12H26O18S6. The van der Waals surface area contributed by atoms with E-state index >= 15 is 0 Å². The summed E-state index contributed by atoms with van der Waals surface area (Å²) < 4.78 is 168. The lowest BCUT2D eigenvalue weighted by Gasteiger charge is -2.34. The van der Waals surface area contributed by atoms with Crippen LogP contribution in [-0.2, 0) is 85.8 Å². The van der Waals surface area contributed by atoms with Gasteiger partial charge in [-0.15, -0.1) is 0 Å². The first-order valence-corrected chi connectivity index (χ1v) is 19.7. The summed E-state index contributed by atoms with van der Waals surface area (Å²) in [7, 11) is -27.4. The van der Waals surface area contributed by atoms with Gasteiger partial charge in [0.2, 0.25) is 0 Å². The smallest absolute Gasteiger partial charge is 0.264 e. The molecule has 0 fully saturated rings. The molecule has 0 aliphatic heterocycles. The van der Waals surface area contributed by atoms with Crippen molar-refractivity contribution in [2.24, 2.45) is 0 Å². The summed E-state index contributed by atoms with van der Waals surface area (Å²) in [5.74, 6) is 0. The van der Waals surface area contributed by atoms with Gasteiger partial charge >= 0.3 is 0 Å². The molecule has 0 aromatic heterocycles. The molecule has 0 rings (SSSR count). The van der Waals surface area contributed by atoms with Gasteiger partial charge in [0.05, 0.1) is 50.7 Å². The van der Waals surface area contributed by atoms with Crippen LogP contribution in [0.25, 0.3) is 0 Å². The minimum Gasteiger partial charge on any atom is -0.267 e. The largest absolute Gasteiger partial charge is 0.267 e. The summed E-state index contributed by atoms with van der Waals surface area (Å²) in [6, 6.07) is 0. The molecule has 0 radical (unpaired) electrons. The molecule has 218 valence electrons. The van der Waals surface area contributed by atoms with Gasteiger partial charge < -0.3 is 0 Å². The second-order valence-electron chi connectivity index (χ2n) is 7.18. The normalized spacial score (nSPS) is 17.8. The molecule has 0 N–H and O–H groups in total. The highest BCUT2D eigenvalue weighted by Crippen LogP contribution is 2.24. The van der Waals surface area contributed by atoms with Crippen molar-refractivity contribution in [3.63, 3.8) is 0 Å². The van der Waals surface area contributed by atoms with Gasteiger partial charge in [-0.05, 0) is 0 Å². The third-order valence-corrected chi connectivity index (χ3v) is 6.58. The summed E-state index contributed by atoms with van der Waals surface area (Å²) in [5.41, 5.74) is 0. The van der Waals surface area contributed by atoms with Crippen LogP contribution in [0.2, 0.25) is 0 Å². The highest BCUT2D eigenvalue weighted by molar-refractivity contribution is 7.87. The number of hydrogen-bond acceptors (Lipinski definition) is 18. The minimum absolute atomic E-state index is 0.395. The summed E-state index contributed by atoms with van der Waals surface area (Å²) >= 11 is 0. The van der Waals surface area contributed by atoms with Crippen LogP contribution in [0.15, 0.2) is 0 Å². The van der Waals surface area contributed by atoms with Gasteiger partial charge in [-0.3, -0.25) is 25.1 Å². The van der Waals surface area contributed by atoms with E-state index in [1.165, 1.54) is 0 Å². The van der Waals surface area contributed by atoms with Crippen LogP contribution in [0.3, 0.4) is 0 Å². The van der Waals surface area contributed by atoms with Crippen LogP contribution in [0.5, 0.6) is 0 Å². The van der Waals surface area contributed by atoms with E-state index in [0.29, 0.717) is 37.5 Å². The lowest BCUT2D eigenvalue weighted by atomic mass is 10.0. The average molecular weight is 651 g/mol. The standard InChI is InChI=1S/C12H26O18S6/c1-31(13,14)25-7-9(27-33(3,17)18)11(29-35(5,21)22)12(30-36(6,23)24)10(28-34(4,19)20)8-26-32(2,15)16/h9-12H,7-8H2,1-6H3/t9-,10-,11-,12-/m1/s1. The van der Waals surface area contributed by atoms with Crippen molar-refractivity contribution in [1.82, 2.24) is 0 Å². The minimum atomic E-state index is -4.72. The molecule has 0 heterocycles. The van der Waals surface area contributed by atoms with Gasteiger partial charge in [0.25, 0.3) is 60.7 Å². The topological polar surface area (TPSA) is 260 Å². The van der Waals surface area contributed by atoms with Gasteiger partial charge in [0.1, 0.15) is 24.4 Å². The molecule has 36 heavy (non-hydrogen) atoms. The van der Waals surface area contributed by atoms with Crippen molar-refractivity contribution in [2.45, 2.75) is 24.4 Å². The molecule has 0 aliphatic rings. The van der Waals surface area contributed by atoms with E-state index < -0.39 is 98.3 Å². The van der Waals surface area contributed by atoms with Crippen LogP contribution >= 0.6 is 0 Å². The first-order valence-electron chi connectivity index (χ1n) is 8.79. The molecule has 0 saturated heterocycles. The highest BCUT2D eigenvalue weighted by atomic mass is 32.2. The molecule has 24 heteroatoms. The molecule has 0 spiro atoms. The van der Waals surface area contributed by atoms with Crippen molar-refractivity contribution < 1.29 is 75.6 Å². The lowest BCUT2D eigenvalue weighted by molar-refractivity contribution is -0.0753. The van der Waals surface area contributed by atoms with Gasteiger partial charge in [0, 0.05) is 0 Å². The van der Waals surface area contributed by atoms with Crippen LogP contribution in [-0.4, -0.2) is 126 Å². The summed E-state index contributed by atoms with van der Waals surface area (Å²) in [4.78, 5) is 0. The van der Waals surface area contributed by atoms with E-state index in [4.69, 9.17) is 0 Å². The zero-order valence-corrected chi connectivity index (χ0v) is 24.4. The Bertz CT molecular complexity index is 1280.